The molecule has 0 saturated carbocycles. The van der Waals surface area contributed by atoms with Crippen molar-refractivity contribution in [1.82, 2.24) is 5.32 Å². The smallest absolute Gasteiger partial charge is 0.307 e. The molecular formula is C12H15NO3. The van der Waals surface area contributed by atoms with Gasteiger partial charge in [0, 0.05) is 6.92 Å². The van der Waals surface area contributed by atoms with E-state index in [4.69, 9.17) is 0 Å². The SMILES string of the molecule is COC(=O)C[C@@H](NC(C)=O)c1ccccc1. The lowest BCUT2D eigenvalue weighted by atomic mass is 10.0. The van der Waals surface area contributed by atoms with E-state index in [1.165, 1.54) is 14.0 Å². The highest BCUT2D eigenvalue weighted by molar-refractivity contribution is 5.75. The Morgan fingerprint density at radius 1 is 1.31 bits per heavy atom. The van der Waals surface area contributed by atoms with E-state index in [2.05, 4.69) is 10.1 Å². The predicted molar refractivity (Wildman–Crippen MR) is 59.6 cm³/mol. The third-order valence-corrected chi connectivity index (χ3v) is 2.18. The van der Waals surface area contributed by atoms with Crippen molar-refractivity contribution in [3.8, 4) is 0 Å². The van der Waals surface area contributed by atoms with E-state index in [1.54, 1.807) is 0 Å². The molecule has 1 aromatic carbocycles. The molecule has 16 heavy (non-hydrogen) atoms. The van der Waals surface area contributed by atoms with Gasteiger partial charge < -0.3 is 10.1 Å². The van der Waals surface area contributed by atoms with Gasteiger partial charge >= 0.3 is 5.97 Å². The second-order valence-electron chi connectivity index (χ2n) is 3.44. The van der Waals surface area contributed by atoms with E-state index in [1.807, 2.05) is 30.3 Å². The number of rotatable bonds is 4. The summed E-state index contributed by atoms with van der Waals surface area (Å²) in [6.45, 7) is 1.42. The van der Waals surface area contributed by atoms with Crippen LogP contribution in [-0.4, -0.2) is 19.0 Å². The third kappa shape index (κ3) is 3.73. The quantitative estimate of drug-likeness (QED) is 0.782. The summed E-state index contributed by atoms with van der Waals surface area (Å²) >= 11 is 0. The molecule has 0 aliphatic rings. The van der Waals surface area contributed by atoms with Crippen molar-refractivity contribution in [2.75, 3.05) is 7.11 Å². The summed E-state index contributed by atoms with van der Waals surface area (Å²) in [5, 5.41) is 2.72. The van der Waals surface area contributed by atoms with E-state index < -0.39 is 0 Å². The minimum atomic E-state index is -0.345. The van der Waals surface area contributed by atoms with Crippen LogP contribution in [0.1, 0.15) is 24.9 Å². The molecule has 0 radical (unpaired) electrons. The summed E-state index contributed by atoms with van der Waals surface area (Å²) in [4.78, 5) is 22.2. The van der Waals surface area contributed by atoms with Gasteiger partial charge in [-0.15, -0.1) is 0 Å². The first-order valence-electron chi connectivity index (χ1n) is 5.02. The molecule has 4 nitrogen and oxygen atoms in total. The fraction of sp³-hybridized carbons (Fsp3) is 0.333. The molecule has 0 saturated heterocycles. The number of esters is 1. The van der Waals surface area contributed by atoms with E-state index in [0.717, 1.165) is 5.56 Å². The third-order valence-electron chi connectivity index (χ3n) is 2.18. The Balaban J connectivity index is 2.79. The molecule has 0 aliphatic heterocycles. The highest BCUT2D eigenvalue weighted by atomic mass is 16.5. The first kappa shape index (κ1) is 12.2. The van der Waals surface area contributed by atoms with Crippen LogP contribution in [-0.2, 0) is 14.3 Å². The van der Waals surface area contributed by atoms with Crippen molar-refractivity contribution in [1.29, 1.82) is 0 Å². The van der Waals surface area contributed by atoms with Gasteiger partial charge in [-0.2, -0.15) is 0 Å². The van der Waals surface area contributed by atoms with Crippen LogP contribution in [0.2, 0.25) is 0 Å². The predicted octanol–water partition coefficient (Wildman–Crippen LogP) is 1.43. The van der Waals surface area contributed by atoms with Crippen molar-refractivity contribution < 1.29 is 14.3 Å². The monoisotopic (exact) mass is 221 g/mol. The minimum absolute atomic E-state index is 0.139. The van der Waals surface area contributed by atoms with Gasteiger partial charge in [0.15, 0.2) is 0 Å². The van der Waals surface area contributed by atoms with Crippen molar-refractivity contribution in [2.45, 2.75) is 19.4 Å². The molecule has 1 rings (SSSR count). The Morgan fingerprint density at radius 2 is 1.94 bits per heavy atom. The normalized spacial score (nSPS) is 11.6. The number of benzene rings is 1. The fourth-order valence-electron chi connectivity index (χ4n) is 1.43. The highest BCUT2D eigenvalue weighted by Gasteiger charge is 2.16. The lowest BCUT2D eigenvalue weighted by molar-refractivity contribution is -0.141. The lowest BCUT2D eigenvalue weighted by Gasteiger charge is -2.16. The average molecular weight is 221 g/mol. The van der Waals surface area contributed by atoms with Gasteiger partial charge in [-0.3, -0.25) is 9.59 Å². The number of carbonyl (C=O) groups is 2. The largest absolute Gasteiger partial charge is 0.469 e. The zero-order valence-electron chi connectivity index (χ0n) is 9.40. The van der Waals surface area contributed by atoms with Gasteiger partial charge in [-0.25, -0.2) is 0 Å². The van der Waals surface area contributed by atoms with Crippen LogP contribution in [0, 0.1) is 0 Å². The van der Waals surface area contributed by atoms with Crippen LogP contribution in [0.4, 0.5) is 0 Å². The van der Waals surface area contributed by atoms with Gasteiger partial charge in [0.1, 0.15) is 0 Å². The Labute approximate surface area is 94.6 Å². The standard InChI is InChI=1S/C12H15NO3/c1-9(14)13-11(8-12(15)16-2)10-6-4-3-5-7-10/h3-7,11H,8H2,1-2H3,(H,13,14)/t11-/m1/s1. The molecule has 0 unspecified atom stereocenters. The molecule has 4 heteroatoms. The summed E-state index contributed by atoms with van der Waals surface area (Å²) in [6.07, 6.45) is 0.139. The van der Waals surface area contributed by atoms with Gasteiger partial charge in [-0.1, -0.05) is 30.3 Å². The summed E-state index contributed by atoms with van der Waals surface area (Å²) in [7, 11) is 1.33. The minimum Gasteiger partial charge on any atom is -0.469 e. The highest BCUT2D eigenvalue weighted by Crippen LogP contribution is 2.16. The molecule has 0 spiro atoms. The first-order valence-corrected chi connectivity index (χ1v) is 5.02. The lowest BCUT2D eigenvalue weighted by Crippen LogP contribution is -2.28. The van der Waals surface area contributed by atoms with Crippen molar-refractivity contribution >= 4 is 11.9 Å². The zero-order chi connectivity index (χ0) is 12.0. The van der Waals surface area contributed by atoms with E-state index >= 15 is 0 Å². The molecule has 1 aromatic rings. The second kappa shape index (κ2) is 5.90. The van der Waals surface area contributed by atoms with Gasteiger partial charge in [0.2, 0.25) is 5.91 Å². The molecule has 1 amide bonds. The molecule has 86 valence electrons. The topological polar surface area (TPSA) is 55.4 Å². The maximum absolute atomic E-state index is 11.2. The molecule has 1 atom stereocenters. The average Bonchev–Trinajstić information content (AvgIpc) is 2.28. The molecule has 0 bridgehead atoms. The van der Waals surface area contributed by atoms with E-state index in [0.29, 0.717) is 0 Å². The second-order valence-corrected chi connectivity index (χ2v) is 3.44. The number of amides is 1. The summed E-state index contributed by atoms with van der Waals surface area (Å²) in [6, 6.07) is 9.01. The van der Waals surface area contributed by atoms with Gasteiger partial charge in [0.25, 0.3) is 0 Å². The Morgan fingerprint density at radius 3 is 2.44 bits per heavy atom. The van der Waals surface area contributed by atoms with Crippen molar-refractivity contribution in [3.63, 3.8) is 0 Å². The maximum Gasteiger partial charge on any atom is 0.307 e. The van der Waals surface area contributed by atoms with Crippen LogP contribution in [0.25, 0.3) is 0 Å². The van der Waals surface area contributed by atoms with Crippen molar-refractivity contribution in [3.05, 3.63) is 35.9 Å². The van der Waals surface area contributed by atoms with Crippen LogP contribution in [0.5, 0.6) is 0 Å². The maximum atomic E-state index is 11.2. The number of ether oxygens (including phenoxy) is 1. The summed E-state index contributed by atoms with van der Waals surface area (Å²) < 4.78 is 4.59. The number of nitrogens with one attached hydrogen (secondary N) is 1. The van der Waals surface area contributed by atoms with Crippen molar-refractivity contribution in [2.24, 2.45) is 0 Å². The van der Waals surface area contributed by atoms with Gasteiger partial charge in [0.05, 0.1) is 19.6 Å². The molecular weight excluding hydrogens is 206 g/mol. The zero-order valence-corrected chi connectivity index (χ0v) is 9.40. The number of hydrogen-bond acceptors (Lipinski definition) is 3. The number of methoxy groups -OCH3 is 1. The molecule has 0 fully saturated rings. The molecule has 0 aromatic heterocycles. The van der Waals surface area contributed by atoms with E-state index in [-0.39, 0.29) is 24.3 Å². The summed E-state index contributed by atoms with van der Waals surface area (Å²) in [5.74, 6) is -0.514. The Bertz CT molecular complexity index is 362. The molecule has 1 N–H and O–H groups in total. The number of carbonyl (C=O) groups excluding carboxylic acids is 2. The first-order chi connectivity index (χ1) is 7.63. The fourth-order valence-corrected chi connectivity index (χ4v) is 1.43. The number of hydrogen-bond donors (Lipinski definition) is 1. The Hall–Kier alpha value is -1.84. The van der Waals surface area contributed by atoms with Crippen LogP contribution in [0.3, 0.4) is 0 Å². The van der Waals surface area contributed by atoms with Crippen LogP contribution < -0.4 is 5.32 Å². The van der Waals surface area contributed by atoms with Gasteiger partial charge in [-0.05, 0) is 5.56 Å². The summed E-state index contributed by atoms with van der Waals surface area (Å²) in [5.41, 5.74) is 0.892. The molecule has 0 aliphatic carbocycles. The Kier molecular flexibility index (Phi) is 4.51. The van der Waals surface area contributed by atoms with Crippen LogP contribution in [0.15, 0.2) is 30.3 Å². The van der Waals surface area contributed by atoms with Crippen LogP contribution >= 0.6 is 0 Å². The van der Waals surface area contributed by atoms with E-state index in [9.17, 15) is 9.59 Å². The molecule has 0 heterocycles.